The maximum atomic E-state index is 12.3. The lowest BCUT2D eigenvalue weighted by Crippen LogP contribution is -2.28. The Kier molecular flexibility index (Phi) is 51.7. The number of ether oxygens (including phenoxy) is 2. The van der Waals surface area contributed by atoms with Gasteiger partial charge in [0.25, 0.3) is 0 Å². The molecule has 1 unspecified atom stereocenters. The standard InChI is InChI=1S/C63H92O5/c1-3-5-7-9-11-13-15-17-19-21-23-25-27-29-31-33-35-37-39-41-43-45-47-49-51-53-55-57-62(65)67-60-61(59-64)68-63(66)58-56-54-52-50-48-46-44-42-40-38-36-34-32-30-28-26-24-22-20-18-16-14-12-10-8-6-4-2/h5-8,11-14,17-20,23-26,29-32,35-38,41-44,47-50,61,64H,3-4,9-10,15-16,21-22,27-28,33-34,39-40,45-46,51-60H2,1-2H3/b7-5-,8-6-,13-11-,14-12-,19-17-,20-18-,25-23-,26-24-,31-29-,32-30-,37-35-,38-36-,43-41-,44-42-,49-47-,50-48-. The molecule has 0 aromatic heterocycles. The van der Waals surface area contributed by atoms with Crippen LogP contribution in [-0.4, -0.2) is 36.4 Å². The number of hydrogen-bond acceptors (Lipinski definition) is 5. The van der Waals surface area contributed by atoms with Crippen molar-refractivity contribution in [1.82, 2.24) is 0 Å². The van der Waals surface area contributed by atoms with E-state index in [2.05, 4.69) is 208 Å². The summed E-state index contributed by atoms with van der Waals surface area (Å²) in [5.74, 6) is -0.715. The van der Waals surface area contributed by atoms with Crippen LogP contribution in [0.25, 0.3) is 0 Å². The zero-order valence-corrected chi connectivity index (χ0v) is 42.5. The van der Waals surface area contributed by atoms with Gasteiger partial charge in [0.05, 0.1) is 6.61 Å². The monoisotopic (exact) mass is 929 g/mol. The predicted octanol–water partition coefficient (Wildman–Crippen LogP) is 17.7. The molecule has 0 radical (unpaired) electrons. The van der Waals surface area contributed by atoms with E-state index < -0.39 is 6.10 Å². The molecule has 0 saturated carbocycles. The lowest BCUT2D eigenvalue weighted by Gasteiger charge is -2.15. The summed E-state index contributed by atoms with van der Waals surface area (Å²) in [6.07, 6.45) is 90.9. The fraction of sp³-hybridized carbons (Fsp3) is 0.460. The smallest absolute Gasteiger partial charge is 0.306 e. The highest BCUT2D eigenvalue weighted by Gasteiger charge is 2.16. The molecule has 0 aromatic carbocycles. The zero-order valence-electron chi connectivity index (χ0n) is 42.5. The van der Waals surface area contributed by atoms with Crippen LogP contribution < -0.4 is 0 Å². The van der Waals surface area contributed by atoms with Crippen molar-refractivity contribution < 1.29 is 24.2 Å². The Bertz CT molecular complexity index is 1660. The normalized spacial score (nSPS) is 13.9. The summed E-state index contributed by atoms with van der Waals surface area (Å²) in [5, 5.41) is 9.63. The Labute approximate surface area is 416 Å². The van der Waals surface area contributed by atoms with Gasteiger partial charge in [0.15, 0.2) is 6.10 Å². The zero-order chi connectivity index (χ0) is 49.2. The highest BCUT2D eigenvalue weighted by atomic mass is 16.6. The van der Waals surface area contributed by atoms with Gasteiger partial charge in [-0.2, -0.15) is 0 Å². The molecular formula is C63H92O5. The molecule has 0 rings (SSSR count). The number of aliphatic hydroxyl groups excluding tert-OH is 1. The Morgan fingerprint density at radius 1 is 0.338 bits per heavy atom. The minimum absolute atomic E-state index is 0.123. The van der Waals surface area contributed by atoms with Gasteiger partial charge in [-0.1, -0.05) is 208 Å². The van der Waals surface area contributed by atoms with Gasteiger partial charge in [-0.3, -0.25) is 9.59 Å². The third-order valence-electron chi connectivity index (χ3n) is 9.88. The maximum absolute atomic E-state index is 12.3. The fourth-order valence-corrected chi connectivity index (χ4v) is 6.05. The third-order valence-corrected chi connectivity index (χ3v) is 9.88. The summed E-state index contributed by atoms with van der Waals surface area (Å²) in [7, 11) is 0. The molecule has 0 fully saturated rings. The minimum atomic E-state index is -0.832. The van der Waals surface area contributed by atoms with Crippen LogP contribution in [0.5, 0.6) is 0 Å². The molecule has 5 nitrogen and oxygen atoms in total. The second-order valence-corrected chi connectivity index (χ2v) is 16.1. The number of allylic oxidation sites excluding steroid dienone is 32. The number of esters is 2. The van der Waals surface area contributed by atoms with Gasteiger partial charge in [-0.25, -0.2) is 0 Å². The minimum Gasteiger partial charge on any atom is -0.462 e. The predicted molar refractivity (Wildman–Crippen MR) is 296 cm³/mol. The van der Waals surface area contributed by atoms with Gasteiger partial charge in [0.1, 0.15) is 6.61 Å². The number of hydrogen-bond donors (Lipinski definition) is 1. The lowest BCUT2D eigenvalue weighted by molar-refractivity contribution is -0.161. The van der Waals surface area contributed by atoms with E-state index in [1.807, 2.05) is 0 Å². The average Bonchev–Trinajstić information content (AvgIpc) is 3.34. The number of unbranched alkanes of at least 4 members (excludes halogenated alkanes) is 4. The molecular weight excluding hydrogens is 837 g/mol. The number of carbonyl (C=O) groups is 2. The first-order chi connectivity index (χ1) is 33.6. The summed E-state index contributed by atoms with van der Waals surface area (Å²) in [5.41, 5.74) is 0. The first-order valence-electron chi connectivity index (χ1n) is 26.0. The topological polar surface area (TPSA) is 72.8 Å². The molecule has 0 aliphatic heterocycles. The summed E-state index contributed by atoms with van der Waals surface area (Å²) < 4.78 is 10.6. The van der Waals surface area contributed by atoms with Crippen LogP contribution in [0, 0.1) is 0 Å². The number of aliphatic hydroxyl groups is 1. The van der Waals surface area contributed by atoms with Crippen LogP contribution in [0.1, 0.15) is 168 Å². The quantitative estimate of drug-likeness (QED) is 0.0374. The summed E-state index contributed by atoms with van der Waals surface area (Å²) in [6, 6.07) is 0. The van der Waals surface area contributed by atoms with E-state index in [9.17, 15) is 14.7 Å². The second kappa shape index (κ2) is 56.1. The van der Waals surface area contributed by atoms with Crippen molar-refractivity contribution in [3.63, 3.8) is 0 Å². The number of rotatable bonds is 44. The van der Waals surface area contributed by atoms with Crippen LogP contribution in [0.2, 0.25) is 0 Å². The van der Waals surface area contributed by atoms with Crippen molar-refractivity contribution in [3.8, 4) is 0 Å². The third kappa shape index (κ3) is 53.4. The van der Waals surface area contributed by atoms with Crippen molar-refractivity contribution in [2.24, 2.45) is 0 Å². The molecule has 0 spiro atoms. The Morgan fingerprint density at radius 2 is 0.574 bits per heavy atom. The molecule has 0 aromatic rings. The number of carbonyl (C=O) groups excluding carboxylic acids is 2. The van der Waals surface area contributed by atoms with Crippen molar-refractivity contribution >= 4 is 11.9 Å². The highest BCUT2D eigenvalue weighted by molar-refractivity contribution is 5.70. The van der Waals surface area contributed by atoms with E-state index in [0.29, 0.717) is 12.8 Å². The Morgan fingerprint density at radius 3 is 0.824 bits per heavy atom. The van der Waals surface area contributed by atoms with E-state index in [1.54, 1.807) is 0 Å². The molecule has 0 amide bonds. The molecule has 1 atom stereocenters. The van der Waals surface area contributed by atoms with Crippen LogP contribution in [0.15, 0.2) is 194 Å². The van der Waals surface area contributed by atoms with Crippen LogP contribution in [0.4, 0.5) is 0 Å². The first-order valence-corrected chi connectivity index (χ1v) is 26.0. The van der Waals surface area contributed by atoms with E-state index in [-0.39, 0.29) is 31.6 Å². The Hall–Kier alpha value is -5.26. The van der Waals surface area contributed by atoms with Gasteiger partial charge in [-0.05, 0) is 141 Å². The maximum Gasteiger partial charge on any atom is 0.306 e. The molecule has 1 N–H and O–H groups in total. The largest absolute Gasteiger partial charge is 0.462 e. The van der Waals surface area contributed by atoms with Gasteiger partial charge in [-0.15, -0.1) is 0 Å². The molecule has 68 heavy (non-hydrogen) atoms. The Balaban J connectivity index is 3.79. The van der Waals surface area contributed by atoms with Crippen molar-refractivity contribution in [1.29, 1.82) is 0 Å². The van der Waals surface area contributed by atoms with E-state index in [4.69, 9.17) is 9.47 Å². The first kappa shape index (κ1) is 62.7. The van der Waals surface area contributed by atoms with Gasteiger partial charge >= 0.3 is 11.9 Å². The van der Waals surface area contributed by atoms with E-state index in [0.717, 1.165) is 135 Å². The van der Waals surface area contributed by atoms with Gasteiger partial charge < -0.3 is 14.6 Å². The average molecular weight is 929 g/mol. The molecule has 0 bridgehead atoms. The highest BCUT2D eigenvalue weighted by Crippen LogP contribution is 2.08. The molecule has 0 saturated heterocycles. The summed E-state index contributed by atoms with van der Waals surface area (Å²) in [4.78, 5) is 24.4. The van der Waals surface area contributed by atoms with Crippen molar-refractivity contribution in [3.05, 3.63) is 194 Å². The van der Waals surface area contributed by atoms with Crippen LogP contribution in [-0.2, 0) is 19.1 Å². The van der Waals surface area contributed by atoms with Gasteiger partial charge in [0.2, 0.25) is 0 Å². The molecule has 374 valence electrons. The molecule has 5 heteroatoms. The summed E-state index contributed by atoms with van der Waals surface area (Å²) >= 11 is 0. The SMILES string of the molecule is CC/C=C\C/C=C\C/C=C\C/C=C\C/C=C\C/C=C\C/C=C\C/C=C\CCCCC(=O)OCC(CO)OC(=O)CCCC/C=C\C/C=C\C/C=C\C/C=C\C/C=C\C/C=C\C/C=C\C/C=C\CC. The second-order valence-electron chi connectivity index (χ2n) is 16.1. The van der Waals surface area contributed by atoms with Crippen molar-refractivity contribution in [2.75, 3.05) is 13.2 Å². The fourth-order valence-electron chi connectivity index (χ4n) is 6.05. The molecule has 0 aliphatic carbocycles. The molecule has 0 heterocycles. The van der Waals surface area contributed by atoms with Crippen molar-refractivity contribution in [2.45, 2.75) is 174 Å². The van der Waals surface area contributed by atoms with Gasteiger partial charge in [0, 0.05) is 12.8 Å². The molecule has 0 aliphatic rings. The summed E-state index contributed by atoms with van der Waals surface area (Å²) in [6.45, 7) is 3.81. The van der Waals surface area contributed by atoms with E-state index in [1.165, 1.54) is 0 Å². The van der Waals surface area contributed by atoms with Crippen LogP contribution in [0.3, 0.4) is 0 Å². The lowest BCUT2D eigenvalue weighted by atomic mass is 10.1. The van der Waals surface area contributed by atoms with Crippen LogP contribution >= 0.6 is 0 Å². The van der Waals surface area contributed by atoms with E-state index >= 15 is 0 Å².